The van der Waals surface area contributed by atoms with Gasteiger partial charge in [-0.2, -0.15) is 0 Å². The zero-order valence-corrected chi connectivity index (χ0v) is 14.9. The highest BCUT2D eigenvalue weighted by atomic mass is 35.5. The first-order chi connectivity index (χ1) is 11.4. The van der Waals surface area contributed by atoms with E-state index in [1.165, 1.54) is 0 Å². The van der Waals surface area contributed by atoms with Gasteiger partial charge in [-0.25, -0.2) is 0 Å². The van der Waals surface area contributed by atoms with Crippen LogP contribution in [0, 0.1) is 12.3 Å². The van der Waals surface area contributed by atoms with E-state index in [-0.39, 0.29) is 6.42 Å². The molecule has 0 heterocycles. The lowest BCUT2D eigenvalue weighted by Gasteiger charge is -2.17. The summed E-state index contributed by atoms with van der Waals surface area (Å²) in [6, 6.07) is 16.9. The van der Waals surface area contributed by atoms with Gasteiger partial charge in [0.15, 0.2) is 0 Å². The summed E-state index contributed by atoms with van der Waals surface area (Å²) >= 11 is 6.57. The lowest BCUT2D eigenvalue weighted by atomic mass is 9.97. The fraction of sp³-hybridized carbons (Fsp3) is 0.316. The minimum Gasteiger partial charge on any atom is -0.481 e. The number of benzene rings is 2. The van der Waals surface area contributed by atoms with E-state index in [4.69, 9.17) is 11.6 Å². The van der Waals surface area contributed by atoms with Gasteiger partial charge in [-0.05, 0) is 43.9 Å². The highest BCUT2D eigenvalue weighted by Crippen LogP contribution is 2.66. The zero-order valence-electron chi connectivity index (χ0n) is 13.4. The summed E-state index contributed by atoms with van der Waals surface area (Å²) in [5, 5.41) is 9.74. The van der Waals surface area contributed by atoms with Gasteiger partial charge in [0.25, 0.3) is 0 Å². The van der Waals surface area contributed by atoms with E-state index in [9.17, 15) is 14.1 Å². The van der Waals surface area contributed by atoms with Gasteiger partial charge in [-0.1, -0.05) is 48.0 Å². The van der Waals surface area contributed by atoms with Crippen LogP contribution >= 0.6 is 11.6 Å². The number of alkyl halides is 1. The van der Waals surface area contributed by atoms with Crippen molar-refractivity contribution in [1.82, 2.24) is 0 Å². The maximum atomic E-state index is 12.9. The lowest BCUT2D eigenvalue weighted by molar-refractivity contribution is -0.143. The third-order valence-electron chi connectivity index (χ3n) is 4.74. The molecular formula is C19H19ClO3S. The topological polar surface area (TPSA) is 54.4 Å². The predicted octanol–water partition coefficient (Wildman–Crippen LogP) is 4.15. The van der Waals surface area contributed by atoms with E-state index in [2.05, 4.69) is 0 Å². The molecule has 2 aromatic rings. The Balaban J connectivity index is 1.81. The van der Waals surface area contributed by atoms with Crippen molar-refractivity contribution < 1.29 is 14.1 Å². The quantitative estimate of drug-likeness (QED) is 0.785. The Labute approximate surface area is 149 Å². The molecule has 0 amide bonds. The molecule has 0 aliphatic heterocycles. The Morgan fingerprint density at radius 1 is 1.17 bits per heavy atom. The van der Waals surface area contributed by atoms with E-state index in [0.717, 1.165) is 11.1 Å². The van der Waals surface area contributed by atoms with Gasteiger partial charge in [0, 0.05) is 4.90 Å². The van der Waals surface area contributed by atoms with E-state index in [1.54, 1.807) is 12.1 Å². The van der Waals surface area contributed by atoms with Crippen molar-refractivity contribution in [1.29, 1.82) is 0 Å². The second kappa shape index (κ2) is 6.34. The second-order valence-corrected chi connectivity index (χ2v) is 8.93. The van der Waals surface area contributed by atoms with Gasteiger partial charge in [0.1, 0.15) is 9.62 Å². The molecule has 3 nitrogen and oxygen atoms in total. The summed E-state index contributed by atoms with van der Waals surface area (Å²) in [7, 11) is -1.56. The number of hydrogen-bond donors (Lipinski definition) is 1. The number of rotatable bonds is 6. The van der Waals surface area contributed by atoms with Crippen LogP contribution in [0.3, 0.4) is 0 Å². The molecule has 1 aliphatic carbocycles. The molecule has 1 N–H and O–H groups in total. The largest absolute Gasteiger partial charge is 0.481 e. The number of aliphatic carboxylic acids is 1. The number of halogens is 1. The first-order valence-corrected chi connectivity index (χ1v) is 9.37. The second-order valence-electron chi connectivity index (χ2n) is 6.36. The van der Waals surface area contributed by atoms with Gasteiger partial charge in [-0.15, -0.1) is 11.6 Å². The number of aryl methyl sites for hydroxylation is 2. The molecule has 0 radical (unpaired) electrons. The Kier molecular flexibility index (Phi) is 4.54. The van der Waals surface area contributed by atoms with Crippen LogP contribution in [0.2, 0.25) is 0 Å². The smallest absolute Gasteiger partial charge is 0.312 e. The van der Waals surface area contributed by atoms with Crippen LogP contribution in [-0.4, -0.2) is 19.5 Å². The van der Waals surface area contributed by atoms with Crippen LogP contribution < -0.4 is 0 Å². The van der Waals surface area contributed by atoms with E-state index in [1.807, 2.05) is 49.4 Å². The van der Waals surface area contributed by atoms with Gasteiger partial charge >= 0.3 is 5.97 Å². The van der Waals surface area contributed by atoms with Crippen LogP contribution in [0.5, 0.6) is 0 Å². The van der Waals surface area contributed by atoms with Gasteiger partial charge in [0.2, 0.25) is 0 Å². The molecule has 5 heteroatoms. The molecule has 0 aromatic heterocycles. The molecule has 1 aliphatic rings. The SMILES string of the molecule is Cc1ccc(S(=O)[C@@]2(Cl)C[C@@]2(CCc2ccccc2)C(=O)O)cc1. The molecular weight excluding hydrogens is 344 g/mol. The third kappa shape index (κ3) is 2.89. The molecule has 1 fully saturated rings. The maximum Gasteiger partial charge on any atom is 0.312 e. The first kappa shape index (κ1) is 17.2. The van der Waals surface area contributed by atoms with Gasteiger partial charge < -0.3 is 5.11 Å². The summed E-state index contributed by atoms with van der Waals surface area (Å²) in [6.45, 7) is 1.95. The Bertz CT molecular complexity index is 775. The highest BCUT2D eigenvalue weighted by Gasteiger charge is 2.75. The van der Waals surface area contributed by atoms with Crippen molar-refractivity contribution >= 4 is 28.4 Å². The molecule has 0 spiro atoms. The molecule has 3 rings (SSSR count). The summed E-state index contributed by atoms with van der Waals surface area (Å²) in [5.41, 5.74) is 0.981. The maximum absolute atomic E-state index is 12.9. The average Bonchev–Trinajstić information content (AvgIpc) is 3.22. The summed E-state index contributed by atoms with van der Waals surface area (Å²) < 4.78 is 11.7. The lowest BCUT2D eigenvalue weighted by Crippen LogP contribution is -2.28. The predicted molar refractivity (Wildman–Crippen MR) is 95.6 cm³/mol. The zero-order chi connectivity index (χ0) is 17.4. The minimum absolute atomic E-state index is 0.226. The number of carbonyl (C=O) groups is 1. The average molecular weight is 363 g/mol. The van der Waals surface area contributed by atoms with Crippen LogP contribution in [0.25, 0.3) is 0 Å². The highest BCUT2D eigenvalue weighted by molar-refractivity contribution is 7.88. The van der Waals surface area contributed by atoms with Crippen molar-refractivity contribution in [3.63, 3.8) is 0 Å². The van der Waals surface area contributed by atoms with Crippen molar-refractivity contribution in [2.75, 3.05) is 0 Å². The molecule has 0 bridgehead atoms. The van der Waals surface area contributed by atoms with Crippen LogP contribution in [0.15, 0.2) is 59.5 Å². The first-order valence-electron chi connectivity index (χ1n) is 7.84. The van der Waals surface area contributed by atoms with Crippen molar-refractivity contribution in [3.05, 3.63) is 65.7 Å². The summed E-state index contributed by atoms with van der Waals surface area (Å²) in [4.78, 5) is 12.5. The van der Waals surface area contributed by atoms with E-state index >= 15 is 0 Å². The number of carboxylic acids is 1. The summed E-state index contributed by atoms with van der Waals surface area (Å²) in [5.74, 6) is -0.964. The van der Waals surface area contributed by atoms with E-state index in [0.29, 0.717) is 17.7 Å². The molecule has 0 saturated heterocycles. The van der Waals surface area contributed by atoms with Crippen LogP contribution in [-0.2, 0) is 22.0 Å². The van der Waals surface area contributed by atoms with Crippen molar-refractivity contribution in [2.45, 2.75) is 35.3 Å². The van der Waals surface area contributed by atoms with Crippen LogP contribution in [0.1, 0.15) is 24.0 Å². The Morgan fingerprint density at radius 3 is 2.38 bits per heavy atom. The van der Waals surface area contributed by atoms with E-state index < -0.39 is 26.4 Å². The van der Waals surface area contributed by atoms with Crippen molar-refractivity contribution in [2.24, 2.45) is 5.41 Å². The molecule has 126 valence electrons. The molecule has 2 aromatic carbocycles. The third-order valence-corrected chi connectivity index (χ3v) is 7.48. The van der Waals surface area contributed by atoms with Gasteiger partial charge in [0.05, 0.1) is 10.8 Å². The molecule has 3 atom stereocenters. The van der Waals surface area contributed by atoms with Crippen LogP contribution in [0.4, 0.5) is 0 Å². The normalized spacial score (nSPS) is 26.8. The minimum atomic E-state index is -1.56. The van der Waals surface area contributed by atoms with Crippen molar-refractivity contribution in [3.8, 4) is 0 Å². The number of carboxylic acid groups (broad SMARTS) is 1. The Morgan fingerprint density at radius 2 is 1.79 bits per heavy atom. The molecule has 1 saturated carbocycles. The molecule has 24 heavy (non-hydrogen) atoms. The molecule has 1 unspecified atom stereocenters. The Hall–Kier alpha value is -1.65. The fourth-order valence-corrected chi connectivity index (χ4v) is 5.40. The fourth-order valence-electron chi connectivity index (χ4n) is 3.06. The number of hydrogen-bond acceptors (Lipinski definition) is 2. The van der Waals surface area contributed by atoms with Gasteiger partial charge in [-0.3, -0.25) is 9.00 Å². The summed E-state index contributed by atoms with van der Waals surface area (Å²) in [6.07, 6.45) is 1.21. The monoisotopic (exact) mass is 362 g/mol. The standard InChI is InChI=1S/C19H19ClO3S/c1-14-7-9-16(10-8-14)24(23)19(20)13-18(19,17(21)22)12-11-15-5-3-2-4-6-15/h2-10H,11-13H2,1H3,(H,21,22)/t18-,19-,24?/m0/s1.